The molecule has 0 aliphatic rings. The second kappa shape index (κ2) is 8.83. The Bertz CT molecular complexity index is 508. The number of benzene rings is 1. The molecule has 1 unspecified atom stereocenters. The first-order valence-electron chi connectivity index (χ1n) is 7.34. The Morgan fingerprint density at radius 2 is 2.09 bits per heavy atom. The second-order valence-electron chi connectivity index (χ2n) is 5.39. The van der Waals surface area contributed by atoms with Gasteiger partial charge in [0.05, 0.1) is 23.2 Å². The summed E-state index contributed by atoms with van der Waals surface area (Å²) < 4.78 is 22.7. The van der Waals surface area contributed by atoms with Gasteiger partial charge in [0.1, 0.15) is 19.0 Å². The molecule has 0 spiro atoms. The van der Waals surface area contributed by atoms with Crippen molar-refractivity contribution < 1.29 is 18.7 Å². The van der Waals surface area contributed by atoms with Gasteiger partial charge in [0.15, 0.2) is 0 Å². The van der Waals surface area contributed by atoms with Crippen LogP contribution in [0.4, 0.5) is 10.1 Å². The Balaban J connectivity index is 3.17. The fraction of sp³-hybridized carbons (Fsp3) is 0.562. The van der Waals surface area contributed by atoms with E-state index in [0.29, 0.717) is 30.3 Å². The van der Waals surface area contributed by atoms with Crippen LogP contribution in [0.25, 0.3) is 0 Å². The molecule has 1 aromatic carbocycles. The van der Waals surface area contributed by atoms with Gasteiger partial charge in [0.2, 0.25) is 0 Å². The minimum atomic E-state index is -0.630. The maximum absolute atomic E-state index is 12.3. The molecule has 4 nitrogen and oxygen atoms in total. The topological polar surface area (TPSA) is 61.5 Å². The number of rotatable bonds is 8. The van der Waals surface area contributed by atoms with Crippen molar-refractivity contribution in [2.45, 2.75) is 33.1 Å². The summed E-state index contributed by atoms with van der Waals surface area (Å²) in [4.78, 5) is 12.2. The van der Waals surface area contributed by atoms with Crippen LogP contribution in [-0.2, 0) is 9.53 Å². The summed E-state index contributed by atoms with van der Waals surface area (Å²) >= 11 is 6.11. The number of nitrogen functional groups attached to an aromatic ring is 1. The van der Waals surface area contributed by atoms with Crippen molar-refractivity contribution >= 4 is 23.3 Å². The van der Waals surface area contributed by atoms with E-state index >= 15 is 0 Å². The number of carbonyl (C=O) groups excluding carboxylic acids is 1. The number of anilines is 1. The molecular formula is C16H23ClFNO3. The number of alkyl halides is 1. The normalized spacial score (nSPS) is 12.3. The number of carbonyl (C=O) groups is 1. The first kappa shape index (κ1) is 18.6. The quantitative estimate of drug-likeness (QED) is 0.578. The summed E-state index contributed by atoms with van der Waals surface area (Å²) in [6, 6.07) is 3.28. The zero-order valence-electron chi connectivity index (χ0n) is 13.2. The third-order valence-electron chi connectivity index (χ3n) is 3.13. The molecule has 0 aliphatic heterocycles. The van der Waals surface area contributed by atoms with Crippen LogP contribution in [0.3, 0.4) is 0 Å². The lowest BCUT2D eigenvalue weighted by atomic mass is 9.90. The Hall–Kier alpha value is -1.49. The highest BCUT2D eigenvalue weighted by Gasteiger charge is 2.25. The largest absolute Gasteiger partial charge is 0.489 e. The van der Waals surface area contributed by atoms with Gasteiger partial charge in [0.25, 0.3) is 0 Å². The molecule has 0 heterocycles. The van der Waals surface area contributed by atoms with E-state index in [1.807, 2.05) is 13.8 Å². The highest BCUT2D eigenvalue weighted by atomic mass is 35.5. The van der Waals surface area contributed by atoms with Crippen molar-refractivity contribution in [2.24, 2.45) is 5.92 Å². The summed E-state index contributed by atoms with van der Waals surface area (Å²) in [5, 5.41) is 0.282. The minimum absolute atomic E-state index is 0.113. The van der Waals surface area contributed by atoms with Crippen molar-refractivity contribution in [1.29, 1.82) is 0 Å². The molecule has 1 rings (SSSR count). The maximum atomic E-state index is 12.3. The molecule has 0 bridgehead atoms. The number of ether oxygens (including phenoxy) is 2. The molecule has 0 saturated heterocycles. The van der Waals surface area contributed by atoms with Gasteiger partial charge in [0, 0.05) is 0 Å². The monoisotopic (exact) mass is 331 g/mol. The average molecular weight is 332 g/mol. The molecule has 6 heteroatoms. The average Bonchev–Trinajstić information content (AvgIpc) is 2.46. The van der Waals surface area contributed by atoms with Gasteiger partial charge < -0.3 is 15.2 Å². The van der Waals surface area contributed by atoms with Crippen LogP contribution in [0.2, 0.25) is 5.02 Å². The van der Waals surface area contributed by atoms with Crippen LogP contribution in [0.15, 0.2) is 12.1 Å². The summed E-state index contributed by atoms with van der Waals surface area (Å²) in [7, 11) is 0. The predicted molar refractivity (Wildman–Crippen MR) is 86.2 cm³/mol. The smallest absolute Gasteiger partial charge is 0.313 e. The number of halogens is 2. The fourth-order valence-electron chi connectivity index (χ4n) is 2.16. The molecule has 0 fully saturated rings. The zero-order valence-corrected chi connectivity index (χ0v) is 14.0. The lowest BCUT2D eigenvalue weighted by molar-refractivity contribution is -0.145. The van der Waals surface area contributed by atoms with Crippen LogP contribution in [0, 0.1) is 5.92 Å². The van der Waals surface area contributed by atoms with E-state index in [2.05, 4.69) is 0 Å². The SMILES string of the molecule is CCOC(=O)C(CC(C)C)c1cc(Cl)c(N)c(OCCF)c1. The molecular weight excluding hydrogens is 309 g/mol. The van der Waals surface area contributed by atoms with Gasteiger partial charge in [-0.15, -0.1) is 0 Å². The van der Waals surface area contributed by atoms with Crippen LogP contribution in [0.5, 0.6) is 5.75 Å². The number of nitrogens with two attached hydrogens (primary N) is 1. The highest BCUT2D eigenvalue weighted by Crippen LogP contribution is 2.36. The van der Waals surface area contributed by atoms with E-state index < -0.39 is 12.6 Å². The number of hydrogen-bond acceptors (Lipinski definition) is 4. The third-order valence-corrected chi connectivity index (χ3v) is 3.44. The number of hydrogen-bond donors (Lipinski definition) is 1. The van der Waals surface area contributed by atoms with Crippen molar-refractivity contribution in [3.8, 4) is 5.75 Å². The standard InChI is InChI=1S/C16H23ClFNO3/c1-4-21-16(20)12(7-10(2)3)11-8-13(17)15(19)14(9-11)22-6-5-18/h8-10,12H,4-7,19H2,1-3H3. The summed E-state index contributed by atoms with van der Waals surface area (Å²) in [6.07, 6.45) is 0.613. The molecule has 1 aromatic rings. The Kier molecular flexibility index (Phi) is 7.45. The Labute approximate surface area is 135 Å². The van der Waals surface area contributed by atoms with E-state index in [1.165, 1.54) is 0 Å². The zero-order chi connectivity index (χ0) is 16.7. The van der Waals surface area contributed by atoms with Crippen molar-refractivity contribution in [3.05, 3.63) is 22.7 Å². The highest BCUT2D eigenvalue weighted by molar-refractivity contribution is 6.33. The van der Waals surface area contributed by atoms with E-state index in [1.54, 1.807) is 19.1 Å². The van der Waals surface area contributed by atoms with Gasteiger partial charge in [-0.05, 0) is 37.0 Å². The Morgan fingerprint density at radius 1 is 1.41 bits per heavy atom. The van der Waals surface area contributed by atoms with Gasteiger partial charge in [-0.2, -0.15) is 0 Å². The van der Waals surface area contributed by atoms with Crippen LogP contribution >= 0.6 is 11.6 Å². The van der Waals surface area contributed by atoms with Crippen molar-refractivity contribution in [3.63, 3.8) is 0 Å². The molecule has 22 heavy (non-hydrogen) atoms. The third kappa shape index (κ3) is 5.05. The van der Waals surface area contributed by atoms with Gasteiger partial charge in [-0.1, -0.05) is 25.4 Å². The molecule has 1 atom stereocenters. The van der Waals surface area contributed by atoms with Crippen LogP contribution in [-0.4, -0.2) is 25.9 Å². The van der Waals surface area contributed by atoms with Crippen molar-refractivity contribution in [1.82, 2.24) is 0 Å². The lowest BCUT2D eigenvalue weighted by Crippen LogP contribution is -2.18. The van der Waals surface area contributed by atoms with E-state index in [9.17, 15) is 9.18 Å². The second-order valence-corrected chi connectivity index (χ2v) is 5.79. The predicted octanol–water partition coefficient (Wildman–Crippen LogP) is 3.96. The summed E-state index contributed by atoms with van der Waals surface area (Å²) in [5.41, 5.74) is 6.74. The summed E-state index contributed by atoms with van der Waals surface area (Å²) in [6.45, 7) is 5.36. The molecule has 0 aliphatic carbocycles. The molecule has 0 radical (unpaired) electrons. The first-order chi connectivity index (χ1) is 10.4. The van der Waals surface area contributed by atoms with Gasteiger partial charge in [-0.3, -0.25) is 4.79 Å². The van der Waals surface area contributed by atoms with E-state index in [4.69, 9.17) is 26.8 Å². The first-order valence-corrected chi connectivity index (χ1v) is 7.72. The number of esters is 1. The van der Waals surface area contributed by atoms with Crippen molar-refractivity contribution in [2.75, 3.05) is 25.6 Å². The van der Waals surface area contributed by atoms with Gasteiger partial charge >= 0.3 is 5.97 Å². The van der Waals surface area contributed by atoms with E-state index in [-0.39, 0.29) is 23.3 Å². The fourth-order valence-corrected chi connectivity index (χ4v) is 2.38. The minimum Gasteiger partial charge on any atom is -0.489 e. The van der Waals surface area contributed by atoms with Crippen LogP contribution < -0.4 is 10.5 Å². The lowest BCUT2D eigenvalue weighted by Gasteiger charge is -2.20. The molecule has 0 amide bonds. The molecule has 2 N–H and O–H groups in total. The molecule has 0 saturated carbocycles. The van der Waals surface area contributed by atoms with Crippen LogP contribution in [0.1, 0.15) is 38.7 Å². The Morgan fingerprint density at radius 3 is 2.64 bits per heavy atom. The van der Waals surface area contributed by atoms with Gasteiger partial charge in [-0.25, -0.2) is 4.39 Å². The van der Waals surface area contributed by atoms with E-state index in [0.717, 1.165) is 0 Å². The molecule has 124 valence electrons. The summed E-state index contributed by atoms with van der Waals surface area (Å²) in [5.74, 6) is -0.182. The maximum Gasteiger partial charge on any atom is 0.313 e. The molecule has 0 aromatic heterocycles.